The predicted octanol–water partition coefficient (Wildman–Crippen LogP) is 4.03. The number of benzene rings is 1. The van der Waals surface area contributed by atoms with E-state index in [0.29, 0.717) is 11.3 Å². The van der Waals surface area contributed by atoms with Crippen LogP contribution in [-0.4, -0.2) is 20.7 Å². The molecule has 6 nitrogen and oxygen atoms in total. The van der Waals surface area contributed by atoms with Crippen LogP contribution in [0.25, 0.3) is 6.08 Å². The number of hydrogen-bond acceptors (Lipinski definition) is 3. The number of anilines is 1. The quantitative estimate of drug-likeness (QED) is 0.713. The zero-order valence-corrected chi connectivity index (χ0v) is 16.6. The van der Waals surface area contributed by atoms with Crippen LogP contribution >= 0.6 is 11.6 Å². The molecule has 0 saturated heterocycles. The van der Waals surface area contributed by atoms with E-state index in [2.05, 4.69) is 10.0 Å². The summed E-state index contributed by atoms with van der Waals surface area (Å²) in [4.78, 5) is 13.1. The van der Waals surface area contributed by atoms with E-state index in [4.69, 9.17) is 16.4 Å². The number of nitrogens with zero attached hydrogens (tertiary/aromatic N) is 1. The zero-order chi connectivity index (χ0) is 19.9. The Balaban J connectivity index is 2.03. The minimum absolute atomic E-state index is 0.100. The first-order valence-corrected chi connectivity index (χ1v) is 10.2. The number of hydrogen-bond donors (Lipinski definition) is 3. The number of carbonyl (C=O) groups excluding carboxylic acids is 1. The Bertz CT molecular complexity index is 1040. The Kier molecular flexibility index (Phi) is 5.16. The van der Waals surface area contributed by atoms with Gasteiger partial charge in [-0.2, -0.15) is 0 Å². The average molecular weight is 411 g/mol. The summed E-state index contributed by atoms with van der Waals surface area (Å²) < 4.78 is 38.9. The van der Waals surface area contributed by atoms with Gasteiger partial charge >= 0.3 is 0 Å². The van der Waals surface area contributed by atoms with Gasteiger partial charge < -0.3 is 9.88 Å². The summed E-state index contributed by atoms with van der Waals surface area (Å²) in [5.74, 6) is -0.918. The summed E-state index contributed by atoms with van der Waals surface area (Å²) in [7, 11) is -1.63. The van der Waals surface area contributed by atoms with Crippen molar-refractivity contribution in [3.8, 4) is 0 Å². The molecule has 0 aliphatic carbocycles. The zero-order valence-electron chi connectivity index (χ0n) is 15.0. The molecule has 144 valence electrons. The normalized spacial score (nSPS) is 21.8. The largest absolute Gasteiger partial charge is 0.345 e. The van der Waals surface area contributed by atoms with Gasteiger partial charge in [0.2, 0.25) is 0 Å². The van der Waals surface area contributed by atoms with Crippen molar-refractivity contribution in [2.24, 2.45) is 13.0 Å². The van der Waals surface area contributed by atoms with Crippen molar-refractivity contribution >= 4 is 39.2 Å². The van der Waals surface area contributed by atoms with Crippen molar-refractivity contribution in [3.05, 3.63) is 52.6 Å². The van der Waals surface area contributed by atoms with Crippen molar-refractivity contribution in [3.63, 3.8) is 0 Å². The van der Waals surface area contributed by atoms with E-state index >= 15 is 0 Å². The SMILES string of the molecule is CC(C)C1C=Cc2c(cn(C)c2C(=O)Nc2ccc(F)c(Cl)c2)S(=N)(=O)N1. The molecule has 0 spiro atoms. The molecule has 1 aromatic carbocycles. The third-order valence-corrected chi connectivity index (χ3v) is 6.22. The van der Waals surface area contributed by atoms with E-state index in [1.807, 2.05) is 19.9 Å². The highest BCUT2D eigenvalue weighted by atomic mass is 35.5. The van der Waals surface area contributed by atoms with Gasteiger partial charge in [-0.25, -0.2) is 18.1 Å². The first-order chi connectivity index (χ1) is 12.6. The van der Waals surface area contributed by atoms with Crippen molar-refractivity contribution < 1.29 is 13.4 Å². The molecule has 2 unspecified atom stereocenters. The lowest BCUT2D eigenvalue weighted by Crippen LogP contribution is -2.35. The molecule has 2 atom stereocenters. The fraction of sp³-hybridized carbons (Fsp3) is 0.278. The van der Waals surface area contributed by atoms with Crippen LogP contribution in [0.2, 0.25) is 5.02 Å². The molecule has 3 N–H and O–H groups in total. The number of amides is 1. The van der Waals surface area contributed by atoms with Crippen LogP contribution in [-0.2, 0) is 17.0 Å². The summed E-state index contributed by atoms with van der Waals surface area (Å²) in [5.41, 5.74) is 1.02. The molecule has 0 radical (unpaired) electrons. The van der Waals surface area contributed by atoms with Gasteiger partial charge in [-0.1, -0.05) is 37.6 Å². The molecule has 27 heavy (non-hydrogen) atoms. The fourth-order valence-electron chi connectivity index (χ4n) is 2.91. The maximum atomic E-state index is 13.3. The topological polar surface area (TPSA) is 87.0 Å². The second-order valence-electron chi connectivity index (χ2n) is 6.75. The van der Waals surface area contributed by atoms with Gasteiger partial charge in [0.1, 0.15) is 21.4 Å². The van der Waals surface area contributed by atoms with Crippen LogP contribution in [0.1, 0.15) is 29.9 Å². The lowest BCUT2D eigenvalue weighted by Gasteiger charge is -2.18. The highest BCUT2D eigenvalue weighted by Crippen LogP contribution is 2.29. The number of nitrogens with one attached hydrogen (secondary N) is 3. The van der Waals surface area contributed by atoms with Gasteiger partial charge in [-0.15, -0.1) is 0 Å². The molecular formula is C18H20ClFN4O2S. The highest BCUT2D eigenvalue weighted by Gasteiger charge is 2.29. The van der Waals surface area contributed by atoms with Crippen LogP contribution in [0.5, 0.6) is 0 Å². The van der Waals surface area contributed by atoms with Crippen LogP contribution in [0.3, 0.4) is 0 Å². The van der Waals surface area contributed by atoms with Crippen LogP contribution in [0.4, 0.5) is 10.1 Å². The molecule has 1 amide bonds. The Hall–Kier alpha value is -2.16. The lowest BCUT2D eigenvalue weighted by atomic mass is 10.0. The monoisotopic (exact) mass is 410 g/mol. The molecule has 3 rings (SSSR count). The number of aryl methyl sites for hydroxylation is 1. The number of halogens is 2. The molecule has 1 aliphatic rings. The summed E-state index contributed by atoms with van der Waals surface area (Å²) in [5, 5.41) is 2.57. The van der Waals surface area contributed by atoms with Crippen molar-refractivity contribution in [2.75, 3.05) is 5.32 Å². The molecule has 0 saturated carbocycles. The molecule has 0 bridgehead atoms. The summed E-state index contributed by atoms with van der Waals surface area (Å²) in [6.07, 6.45) is 5.06. The van der Waals surface area contributed by atoms with Gasteiger partial charge in [0.15, 0.2) is 0 Å². The van der Waals surface area contributed by atoms with Gasteiger partial charge in [0.25, 0.3) is 5.91 Å². The van der Waals surface area contributed by atoms with Crippen molar-refractivity contribution in [1.82, 2.24) is 9.29 Å². The van der Waals surface area contributed by atoms with Crippen molar-refractivity contribution in [1.29, 1.82) is 4.78 Å². The molecule has 0 fully saturated rings. The number of carbonyl (C=O) groups is 1. The fourth-order valence-corrected chi connectivity index (χ4v) is 4.73. The number of fused-ring (bicyclic) bond motifs is 1. The predicted molar refractivity (Wildman–Crippen MR) is 105 cm³/mol. The Morgan fingerprint density at radius 1 is 1.44 bits per heavy atom. The van der Waals surface area contributed by atoms with Gasteiger partial charge in [-0.05, 0) is 24.1 Å². The van der Waals surface area contributed by atoms with E-state index in [9.17, 15) is 13.4 Å². The van der Waals surface area contributed by atoms with Crippen molar-refractivity contribution in [2.45, 2.75) is 24.8 Å². The van der Waals surface area contributed by atoms with E-state index in [-0.39, 0.29) is 27.6 Å². The van der Waals surface area contributed by atoms with Crippen LogP contribution < -0.4 is 10.0 Å². The molecular weight excluding hydrogens is 391 g/mol. The molecule has 2 aromatic rings. The average Bonchev–Trinajstić information content (AvgIpc) is 2.85. The third kappa shape index (κ3) is 3.78. The smallest absolute Gasteiger partial charge is 0.272 e. The maximum absolute atomic E-state index is 13.3. The Morgan fingerprint density at radius 3 is 2.78 bits per heavy atom. The van der Waals surface area contributed by atoms with Crippen LogP contribution in [0, 0.1) is 16.5 Å². The van der Waals surface area contributed by atoms with Gasteiger partial charge in [-0.3, -0.25) is 4.79 Å². The Labute approximate surface area is 162 Å². The minimum atomic E-state index is -3.28. The van der Waals surface area contributed by atoms with E-state index in [1.54, 1.807) is 13.1 Å². The second-order valence-corrected chi connectivity index (χ2v) is 8.95. The van der Waals surface area contributed by atoms with Gasteiger partial charge in [0.05, 0.1) is 9.92 Å². The molecule has 2 heterocycles. The highest BCUT2D eigenvalue weighted by molar-refractivity contribution is 7.90. The summed E-state index contributed by atoms with van der Waals surface area (Å²) in [6.45, 7) is 3.92. The van der Waals surface area contributed by atoms with E-state index in [1.165, 1.54) is 22.9 Å². The van der Waals surface area contributed by atoms with Gasteiger partial charge in [0, 0.05) is 30.5 Å². The minimum Gasteiger partial charge on any atom is -0.345 e. The molecule has 1 aromatic heterocycles. The number of rotatable bonds is 3. The first kappa shape index (κ1) is 19.6. The number of aromatic nitrogens is 1. The lowest BCUT2D eigenvalue weighted by molar-refractivity contribution is 0.101. The standard InChI is InChI=1S/C18H20ClFN4O2S/c1-10(2)15-7-5-12-16(27(21,26)23-15)9-24(3)17(12)18(25)22-11-4-6-14(20)13(19)8-11/h4-10,15H,1-3H3,(H,22,25)(H2,21,23,26). The first-order valence-electron chi connectivity index (χ1n) is 8.30. The van der Waals surface area contributed by atoms with E-state index < -0.39 is 21.6 Å². The maximum Gasteiger partial charge on any atom is 0.272 e. The second kappa shape index (κ2) is 7.10. The molecule has 1 aliphatic heterocycles. The Morgan fingerprint density at radius 2 is 2.15 bits per heavy atom. The van der Waals surface area contributed by atoms with Crippen LogP contribution in [0.15, 0.2) is 35.4 Å². The third-order valence-electron chi connectivity index (χ3n) is 4.38. The van der Waals surface area contributed by atoms with E-state index in [0.717, 1.165) is 6.07 Å². The summed E-state index contributed by atoms with van der Waals surface area (Å²) in [6, 6.07) is 3.63. The molecule has 9 heteroatoms. The summed E-state index contributed by atoms with van der Waals surface area (Å²) >= 11 is 5.76.